The smallest absolute Gasteiger partial charge is 0.192 e. The van der Waals surface area contributed by atoms with E-state index in [9.17, 15) is 9.90 Å². The average molecular weight is 417 g/mol. The largest absolute Gasteiger partial charge is 0.414 e. The summed E-state index contributed by atoms with van der Waals surface area (Å²) in [6, 6.07) is 0. The van der Waals surface area contributed by atoms with Crippen molar-refractivity contribution in [3.63, 3.8) is 0 Å². The fraction of sp³-hybridized carbons (Fsp3) is 0.800. The third-order valence-electron chi connectivity index (χ3n) is 9.53. The summed E-state index contributed by atoms with van der Waals surface area (Å²) in [7, 11) is -1.78. The van der Waals surface area contributed by atoms with Gasteiger partial charge in [-0.3, -0.25) is 4.79 Å². The fourth-order valence-corrected chi connectivity index (χ4v) is 8.13. The molecule has 4 aliphatic rings. The van der Waals surface area contributed by atoms with Gasteiger partial charge in [0.2, 0.25) is 0 Å². The van der Waals surface area contributed by atoms with Crippen molar-refractivity contribution in [2.24, 2.45) is 28.6 Å². The number of hydrogen-bond donors (Lipinski definition) is 1. The quantitative estimate of drug-likeness (QED) is 0.467. The Hall–Kier alpha value is -0.713. The van der Waals surface area contributed by atoms with Crippen molar-refractivity contribution in [3.8, 4) is 0 Å². The van der Waals surface area contributed by atoms with Crippen molar-refractivity contribution in [2.75, 3.05) is 0 Å². The Balaban J connectivity index is 1.58. The van der Waals surface area contributed by atoms with Crippen LogP contribution in [-0.4, -0.2) is 31.4 Å². The van der Waals surface area contributed by atoms with Gasteiger partial charge in [-0.2, -0.15) is 0 Å². The Morgan fingerprint density at radius 1 is 1.21 bits per heavy atom. The molecule has 0 unspecified atom stereocenters. The number of aliphatic hydroxyl groups is 1. The van der Waals surface area contributed by atoms with Crippen molar-refractivity contribution < 1.29 is 14.3 Å². The number of carbonyl (C=O) groups is 1. The first kappa shape index (κ1) is 21.5. The minimum absolute atomic E-state index is 0.0381. The Bertz CT molecular complexity index is 761. The molecule has 4 rings (SSSR count). The summed E-state index contributed by atoms with van der Waals surface area (Å²) < 4.78 is 6.78. The molecule has 2 saturated carbocycles. The molecule has 0 aromatic heterocycles. The third kappa shape index (κ3) is 3.16. The van der Waals surface area contributed by atoms with Gasteiger partial charge in [0, 0.05) is 11.5 Å². The first-order valence-electron chi connectivity index (χ1n) is 11.6. The maximum atomic E-state index is 12.5. The molecule has 0 amide bonds. The molecule has 4 aliphatic carbocycles. The Kier molecular flexibility index (Phi) is 4.93. The molecule has 0 heterocycles. The first-order valence-corrected chi connectivity index (χ1v) is 14.5. The van der Waals surface area contributed by atoms with E-state index in [1.807, 2.05) is 0 Å². The Morgan fingerprint density at radius 3 is 2.55 bits per heavy atom. The average Bonchev–Trinajstić information content (AvgIpc) is 2.88. The Labute approximate surface area is 178 Å². The summed E-state index contributed by atoms with van der Waals surface area (Å²) in [6.45, 7) is 16.1. The fourth-order valence-electron chi connectivity index (χ4n) is 6.74. The lowest BCUT2D eigenvalue weighted by molar-refractivity contribution is -0.142. The second-order valence-corrected chi connectivity index (χ2v) is 17.0. The van der Waals surface area contributed by atoms with Crippen molar-refractivity contribution in [2.45, 2.75) is 97.1 Å². The first-order chi connectivity index (χ1) is 13.3. The number of hydrogen-bond acceptors (Lipinski definition) is 3. The van der Waals surface area contributed by atoms with Gasteiger partial charge in [-0.1, -0.05) is 52.3 Å². The molecule has 1 N–H and O–H groups in total. The summed E-state index contributed by atoms with van der Waals surface area (Å²) in [5.41, 5.74) is 1.14. The van der Waals surface area contributed by atoms with Crippen molar-refractivity contribution in [1.82, 2.24) is 0 Å². The number of carbonyl (C=O) groups excluding carboxylic acids is 1. The van der Waals surface area contributed by atoms with Crippen LogP contribution in [0.25, 0.3) is 0 Å². The molecule has 0 aromatic carbocycles. The summed E-state index contributed by atoms with van der Waals surface area (Å²) in [5, 5.41) is 11.5. The van der Waals surface area contributed by atoms with Gasteiger partial charge in [-0.15, -0.1) is 0 Å². The predicted molar refractivity (Wildman–Crippen MR) is 120 cm³/mol. The molecule has 0 saturated heterocycles. The topological polar surface area (TPSA) is 46.5 Å². The molecule has 7 atom stereocenters. The van der Waals surface area contributed by atoms with Crippen LogP contribution < -0.4 is 0 Å². The monoisotopic (exact) mass is 416 g/mol. The van der Waals surface area contributed by atoms with Gasteiger partial charge < -0.3 is 9.53 Å². The van der Waals surface area contributed by atoms with Crippen LogP contribution in [0.5, 0.6) is 0 Å². The summed E-state index contributed by atoms with van der Waals surface area (Å²) in [6.07, 6.45) is 11.1. The highest BCUT2D eigenvalue weighted by atomic mass is 28.4. The Morgan fingerprint density at radius 2 is 1.90 bits per heavy atom. The van der Waals surface area contributed by atoms with E-state index in [0.29, 0.717) is 18.4 Å². The van der Waals surface area contributed by atoms with Crippen LogP contribution in [0.1, 0.15) is 66.7 Å². The van der Waals surface area contributed by atoms with Gasteiger partial charge in [0.15, 0.2) is 14.1 Å². The number of fused-ring (bicyclic) bond motifs is 5. The van der Waals surface area contributed by atoms with Crippen LogP contribution >= 0.6 is 0 Å². The van der Waals surface area contributed by atoms with Gasteiger partial charge in [0.1, 0.15) is 0 Å². The van der Waals surface area contributed by atoms with Gasteiger partial charge in [-0.05, 0) is 79.5 Å². The molecule has 3 nitrogen and oxygen atoms in total. The lowest BCUT2D eigenvalue weighted by Gasteiger charge is -2.58. The highest BCUT2D eigenvalue weighted by Crippen LogP contribution is 2.63. The highest BCUT2D eigenvalue weighted by molar-refractivity contribution is 6.74. The van der Waals surface area contributed by atoms with E-state index >= 15 is 0 Å². The van der Waals surface area contributed by atoms with Gasteiger partial charge >= 0.3 is 0 Å². The van der Waals surface area contributed by atoms with Gasteiger partial charge in [0.25, 0.3) is 0 Å². The van der Waals surface area contributed by atoms with E-state index in [-0.39, 0.29) is 28.1 Å². The highest BCUT2D eigenvalue weighted by Gasteiger charge is 2.60. The van der Waals surface area contributed by atoms with E-state index < -0.39 is 19.8 Å². The van der Waals surface area contributed by atoms with E-state index in [1.165, 1.54) is 5.57 Å². The summed E-state index contributed by atoms with van der Waals surface area (Å²) in [4.78, 5) is 12.5. The van der Waals surface area contributed by atoms with Crippen LogP contribution in [0.2, 0.25) is 18.1 Å². The standard InChI is InChI=1S/C25H40O3Si/c1-23(2,3)29(6,7)28-17-12-13-24(4)16(14-17)8-9-18-19-10-11-21(27)25(19,5)15-20(26)22(18)24/h8,10-11,17-20,22,26H,9,12-15H2,1-7H3/t17-,18-,19-,20+,22+,24-,25-/m0/s1. The minimum Gasteiger partial charge on any atom is -0.414 e. The molecule has 0 aromatic rings. The predicted octanol–water partition coefficient (Wildman–Crippen LogP) is 5.66. The number of ketones is 1. The molecular formula is C25H40O3Si. The molecule has 2 fully saturated rings. The molecule has 0 spiro atoms. The maximum Gasteiger partial charge on any atom is 0.192 e. The molecule has 162 valence electrons. The van der Waals surface area contributed by atoms with Crippen LogP contribution in [0.4, 0.5) is 0 Å². The second-order valence-electron chi connectivity index (χ2n) is 12.3. The van der Waals surface area contributed by atoms with Gasteiger partial charge in [-0.25, -0.2) is 0 Å². The number of aliphatic hydroxyl groups excluding tert-OH is 1. The lowest BCUT2D eigenvalue weighted by atomic mass is 9.47. The zero-order chi connectivity index (χ0) is 21.4. The van der Waals surface area contributed by atoms with E-state index in [2.05, 4.69) is 59.9 Å². The normalized spacial score (nSPS) is 44.8. The number of rotatable bonds is 2. The molecule has 0 aliphatic heterocycles. The zero-order valence-electron chi connectivity index (χ0n) is 19.4. The number of allylic oxidation sites excluding steroid dienone is 3. The van der Waals surface area contributed by atoms with Crippen LogP contribution in [0, 0.1) is 28.6 Å². The summed E-state index contributed by atoms with van der Waals surface area (Å²) >= 11 is 0. The van der Waals surface area contributed by atoms with Crippen molar-refractivity contribution in [1.29, 1.82) is 0 Å². The van der Waals surface area contributed by atoms with E-state index in [1.54, 1.807) is 6.08 Å². The molecule has 29 heavy (non-hydrogen) atoms. The van der Waals surface area contributed by atoms with E-state index in [0.717, 1.165) is 25.7 Å². The molecule has 4 heteroatoms. The third-order valence-corrected chi connectivity index (χ3v) is 14.1. The molecule has 0 radical (unpaired) electrons. The van der Waals surface area contributed by atoms with E-state index in [4.69, 9.17) is 4.43 Å². The van der Waals surface area contributed by atoms with Crippen molar-refractivity contribution in [3.05, 3.63) is 23.8 Å². The van der Waals surface area contributed by atoms with Gasteiger partial charge in [0.05, 0.1) is 6.10 Å². The second kappa shape index (κ2) is 6.64. The maximum absolute atomic E-state index is 12.5. The van der Waals surface area contributed by atoms with Crippen LogP contribution in [-0.2, 0) is 9.22 Å². The molecular weight excluding hydrogens is 376 g/mol. The van der Waals surface area contributed by atoms with Crippen LogP contribution in [0.3, 0.4) is 0 Å². The zero-order valence-corrected chi connectivity index (χ0v) is 20.4. The molecule has 0 bridgehead atoms. The summed E-state index contributed by atoms with van der Waals surface area (Å²) in [5.74, 6) is 1.12. The SMILES string of the molecule is CC(C)(C)[Si](C)(C)O[C@H]1CC[C@@]2(C)C(=CC[C@@H]3[C@@H]2[C@H](O)C[C@]2(C)C(=O)C=C[C@@H]32)C1. The van der Waals surface area contributed by atoms with Crippen molar-refractivity contribution >= 4 is 14.1 Å². The lowest BCUT2D eigenvalue weighted by Crippen LogP contribution is -2.57. The van der Waals surface area contributed by atoms with Crippen LogP contribution in [0.15, 0.2) is 23.8 Å². The minimum atomic E-state index is -1.78.